The molecule has 2 aromatic rings. The smallest absolute Gasteiger partial charge is 0.416 e. The highest BCUT2D eigenvalue weighted by atomic mass is 19.4. The van der Waals surface area contributed by atoms with Crippen LogP contribution in [-0.4, -0.2) is 72.5 Å². The van der Waals surface area contributed by atoms with E-state index in [9.17, 15) is 18.0 Å². The van der Waals surface area contributed by atoms with Gasteiger partial charge < -0.3 is 9.64 Å². The molecule has 1 amide bonds. The lowest BCUT2D eigenvalue weighted by molar-refractivity contribution is -0.137. The zero-order chi connectivity index (χ0) is 27.3. The number of alkyl halides is 3. The van der Waals surface area contributed by atoms with E-state index in [4.69, 9.17) is 4.74 Å². The van der Waals surface area contributed by atoms with Crippen LogP contribution in [-0.2, 0) is 6.18 Å². The Morgan fingerprint density at radius 3 is 2.14 bits per heavy atom. The van der Waals surface area contributed by atoms with Gasteiger partial charge >= 0.3 is 6.18 Å². The number of carbonyl (C=O) groups excluding carboxylic acids is 1. The van der Waals surface area contributed by atoms with Gasteiger partial charge in [-0.15, -0.1) is 0 Å². The molecular formula is C29H40F3N3O2. The molecule has 1 aliphatic rings. The number of nitrogens with zero attached hydrogens (tertiary/aromatic N) is 3. The number of piperazine rings is 1. The van der Waals surface area contributed by atoms with Crippen LogP contribution in [0.1, 0.15) is 66.3 Å². The molecule has 8 heteroatoms. The van der Waals surface area contributed by atoms with Gasteiger partial charge in [0.05, 0.1) is 5.56 Å². The summed E-state index contributed by atoms with van der Waals surface area (Å²) >= 11 is 0. The van der Waals surface area contributed by atoms with E-state index in [0.717, 1.165) is 36.5 Å². The van der Waals surface area contributed by atoms with Gasteiger partial charge in [0.25, 0.3) is 5.91 Å². The molecule has 1 saturated heterocycles. The molecule has 2 aromatic carbocycles. The predicted octanol–water partition coefficient (Wildman–Crippen LogP) is 5.95. The van der Waals surface area contributed by atoms with E-state index >= 15 is 0 Å². The largest absolute Gasteiger partial charge is 0.492 e. The summed E-state index contributed by atoms with van der Waals surface area (Å²) in [7, 11) is 0. The Labute approximate surface area is 219 Å². The first-order valence-corrected chi connectivity index (χ1v) is 13.1. The van der Waals surface area contributed by atoms with Gasteiger partial charge in [0.1, 0.15) is 12.4 Å². The molecule has 0 spiro atoms. The number of rotatable bonds is 9. The normalized spacial score (nSPS) is 15.9. The Bertz CT molecular complexity index is 1050. The van der Waals surface area contributed by atoms with Crippen molar-refractivity contribution in [2.45, 2.75) is 59.8 Å². The van der Waals surface area contributed by atoms with Gasteiger partial charge in [-0.25, -0.2) is 0 Å². The van der Waals surface area contributed by atoms with Crippen LogP contribution in [0.5, 0.6) is 5.75 Å². The fourth-order valence-corrected chi connectivity index (χ4v) is 4.97. The molecule has 204 valence electrons. The second-order valence-corrected chi connectivity index (χ2v) is 10.1. The third-order valence-corrected chi connectivity index (χ3v) is 7.61. The van der Waals surface area contributed by atoms with E-state index in [2.05, 4.69) is 63.5 Å². The summed E-state index contributed by atoms with van der Waals surface area (Å²) < 4.78 is 44.6. The van der Waals surface area contributed by atoms with Gasteiger partial charge in [-0.05, 0) is 88.2 Å². The molecule has 0 bridgehead atoms. The molecule has 0 aliphatic carbocycles. The molecule has 37 heavy (non-hydrogen) atoms. The van der Waals surface area contributed by atoms with Gasteiger partial charge in [0, 0.05) is 50.4 Å². The van der Waals surface area contributed by atoms with Crippen molar-refractivity contribution >= 4 is 5.91 Å². The molecule has 0 saturated carbocycles. The summed E-state index contributed by atoms with van der Waals surface area (Å²) in [5.41, 5.74) is 3.14. The lowest BCUT2D eigenvalue weighted by Gasteiger charge is -2.39. The molecule has 1 unspecified atom stereocenters. The first-order valence-electron chi connectivity index (χ1n) is 13.1. The van der Waals surface area contributed by atoms with Crippen molar-refractivity contribution in [3.63, 3.8) is 0 Å². The van der Waals surface area contributed by atoms with Crippen molar-refractivity contribution in [2.75, 3.05) is 45.9 Å². The van der Waals surface area contributed by atoms with Crippen LogP contribution < -0.4 is 4.74 Å². The van der Waals surface area contributed by atoms with E-state index < -0.39 is 11.7 Å². The van der Waals surface area contributed by atoms with Gasteiger partial charge in [-0.3, -0.25) is 14.6 Å². The molecule has 1 atom stereocenters. The maximum absolute atomic E-state index is 12.8. The summed E-state index contributed by atoms with van der Waals surface area (Å²) in [4.78, 5) is 19.3. The first kappa shape index (κ1) is 29.0. The first-order chi connectivity index (χ1) is 17.4. The number of hydrogen-bond donors (Lipinski definition) is 0. The summed E-state index contributed by atoms with van der Waals surface area (Å²) in [6, 6.07) is 9.32. The Balaban J connectivity index is 1.58. The average Bonchev–Trinajstić information content (AvgIpc) is 2.87. The Morgan fingerprint density at radius 1 is 0.973 bits per heavy atom. The summed E-state index contributed by atoms with van der Waals surface area (Å²) in [5, 5.41) is 0. The van der Waals surface area contributed by atoms with E-state index in [-0.39, 0.29) is 17.5 Å². The van der Waals surface area contributed by atoms with Crippen LogP contribution in [0.2, 0.25) is 0 Å². The van der Waals surface area contributed by atoms with Crippen LogP contribution in [0.25, 0.3) is 0 Å². The van der Waals surface area contributed by atoms with Crippen molar-refractivity contribution in [3.05, 3.63) is 64.2 Å². The van der Waals surface area contributed by atoms with Crippen LogP contribution in [0.3, 0.4) is 0 Å². The van der Waals surface area contributed by atoms with Crippen molar-refractivity contribution in [3.8, 4) is 5.75 Å². The Kier molecular flexibility index (Phi) is 9.64. The Hall–Kier alpha value is -2.58. The summed E-state index contributed by atoms with van der Waals surface area (Å²) in [6.07, 6.45) is -4.41. The number of ether oxygens (including phenoxy) is 1. The predicted molar refractivity (Wildman–Crippen MR) is 141 cm³/mol. The molecule has 0 N–H and O–H groups in total. The molecule has 1 fully saturated rings. The quantitative estimate of drug-likeness (QED) is 0.410. The average molecular weight is 520 g/mol. The highest BCUT2D eigenvalue weighted by molar-refractivity contribution is 5.94. The van der Waals surface area contributed by atoms with Crippen LogP contribution in [0, 0.1) is 13.8 Å². The molecule has 0 aromatic heterocycles. The minimum Gasteiger partial charge on any atom is -0.492 e. The van der Waals surface area contributed by atoms with E-state index in [0.29, 0.717) is 38.8 Å². The zero-order valence-corrected chi connectivity index (χ0v) is 22.9. The van der Waals surface area contributed by atoms with E-state index in [1.165, 1.54) is 23.3 Å². The number of hydrogen-bond acceptors (Lipinski definition) is 4. The molecule has 1 aliphatic heterocycles. The van der Waals surface area contributed by atoms with Crippen molar-refractivity contribution in [1.29, 1.82) is 0 Å². The minimum atomic E-state index is -4.41. The van der Waals surface area contributed by atoms with Gasteiger partial charge in [0.15, 0.2) is 0 Å². The number of carbonyl (C=O) groups is 1. The highest BCUT2D eigenvalue weighted by Gasteiger charge is 2.31. The highest BCUT2D eigenvalue weighted by Crippen LogP contribution is 2.32. The monoisotopic (exact) mass is 519 g/mol. The molecular weight excluding hydrogens is 479 g/mol. The topological polar surface area (TPSA) is 36.0 Å². The SMILES string of the molecule is CCN(CCOc1ccc(C(C)N2CCN(C(=O)c3ccc(C(F)(F)F)cc3)CC2)c(C)c1C)C(C)C. The van der Waals surface area contributed by atoms with E-state index in [1.54, 1.807) is 4.90 Å². The minimum absolute atomic E-state index is 0.174. The van der Waals surface area contributed by atoms with Crippen molar-refractivity contribution in [2.24, 2.45) is 0 Å². The van der Waals surface area contributed by atoms with Crippen molar-refractivity contribution < 1.29 is 22.7 Å². The fraction of sp³-hybridized carbons (Fsp3) is 0.552. The maximum atomic E-state index is 12.8. The third kappa shape index (κ3) is 7.05. The number of amides is 1. The standard InChI is InChI=1S/C29H40F3N3O2/c1-7-33(20(2)3)18-19-37-27-13-12-26(21(4)22(27)5)23(6)34-14-16-35(17-15-34)28(36)24-8-10-25(11-9-24)29(30,31)32/h8-13,20,23H,7,14-19H2,1-6H3. The second kappa shape index (κ2) is 12.3. The van der Waals surface area contributed by atoms with Gasteiger partial charge in [-0.2, -0.15) is 13.2 Å². The van der Waals surface area contributed by atoms with Crippen LogP contribution >= 0.6 is 0 Å². The zero-order valence-electron chi connectivity index (χ0n) is 22.9. The van der Waals surface area contributed by atoms with Gasteiger partial charge in [-0.1, -0.05) is 13.0 Å². The van der Waals surface area contributed by atoms with Crippen molar-refractivity contribution in [1.82, 2.24) is 14.7 Å². The lowest BCUT2D eigenvalue weighted by atomic mass is 9.96. The molecule has 0 radical (unpaired) electrons. The lowest BCUT2D eigenvalue weighted by Crippen LogP contribution is -2.49. The van der Waals surface area contributed by atoms with E-state index in [1.807, 2.05) is 0 Å². The summed E-state index contributed by atoms with van der Waals surface area (Å²) in [5.74, 6) is 0.689. The molecule has 5 nitrogen and oxygen atoms in total. The fourth-order valence-electron chi connectivity index (χ4n) is 4.97. The van der Waals surface area contributed by atoms with Crippen LogP contribution in [0.15, 0.2) is 36.4 Å². The molecule has 1 heterocycles. The third-order valence-electron chi connectivity index (χ3n) is 7.61. The molecule has 3 rings (SSSR count). The summed E-state index contributed by atoms with van der Waals surface area (Å²) in [6.45, 7) is 18.0. The maximum Gasteiger partial charge on any atom is 0.416 e. The van der Waals surface area contributed by atoms with Crippen LogP contribution in [0.4, 0.5) is 13.2 Å². The number of benzene rings is 2. The van der Waals surface area contributed by atoms with Gasteiger partial charge in [0.2, 0.25) is 0 Å². The second-order valence-electron chi connectivity index (χ2n) is 10.1. The Morgan fingerprint density at radius 2 is 1.59 bits per heavy atom. The number of likely N-dealkylation sites (N-methyl/N-ethyl adjacent to an activating group) is 1. The number of halogens is 3.